The van der Waals surface area contributed by atoms with Crippen LogP contribution in [0.1, 0.15) is 6.42 Å². The molecule has 2 aromatic carbocycles. The van der Waals surface area contributed by atoms with Crippen molar-refractivity contribution in [1.82, 2.24) is 14.9 Å². The molecule has 0 saturated carbocycles. The van der Waals surface area contributed by atoms with Gasteiger partial charge in [-0.3, -0.25) is 4.79 Å². The maximum atomic E-state index is 14.5. The standard InChI is InChI=1S/C23H25ClFN5O3/c1-30(2)11-4-8-19(32)28-18-10-9-16-20(22(18)33-13-5-12-31)23(27-14-26-16)29-17-7-3-6-15(24)21(17)25/h3-4,6-10,14,31H,5,11-13H2,1-2H3,(H,28,32)(H,26,27,29)/b8-4+. The number of carbonyl (C=O) groups excluding carboxylic acids is 1. The largest absolute Gasteiger partial charge is 0.490 e. The average Bonchev–Trinajstić information content (AvgIpc) is 2.78. The van der Waals surface area contributed by atoms with Crippen molar-refractivity contribution in [2.75, 3.05) is 44.5 Å². The molecule has 0 fully saturated rings. The number of fused-ring (bicyclic) bond motifs is 1. The summed E-state index contributed by atoms with van der Waals surface area (Å²) in [6.45, 7) is 0.738. The van der Waals surface area contributed by atoms with Gasteiger partial charge in [-0.1, -0.05) is 23.7 Å². The quantitative estimate of drug-likeness (QED) is 0.302. The molecule has 0 radical (unpaired) electrons. The lowest BCUT2D eigenvalue weighted by atomic mass is 10.1. The SMILES string of the molecule is CN(C)C/C=C/C(=O)Nc1ccc2ncnc(Nc3cccc(Cl)c3F)c2c1OCCCO. The molecule has 0 saturated heterocycles. The molecule has 0 unspecified atom stereocenters. The summed E-state index contributed by atoms with van der Waals surface area (Å²) in [5.74, 6) is -0.375. The van der Waals surface area contributed by atoms with Gasteiger partial charge in [0, 0.05) is 25.6 Å². The number of hydrogen-bond donors (Lipinski definition) is 3. The van der Waals surface area contributed by atoms with E-state index in [0.29, 0.717) is 35.3 Å². The lowest BCUT2D eigenvalue weighted by Gasteiger charge is -2.17. The number of aromatic nitrogens is 2. The Morgan fingerprint density at radius 1 is 1.24 bits per heavy atom. The van der Waals surface area contributed by atoms with E-state index < -0.39 is 5.82 Å². The summed E-state index contributed by atoms with van der Waals surface area (Å²) in [7, 11) is 3.80. The lowest BCUT2D eigenvalue weighted by molar-refractivity contribution is -0.111. The molecule has 0 atom stereocenters. The molecule has 1 heterocycles. The Bertz CT molecular complexity index is 1160. The van der Waals surface area contributed by atoms with Crippen molar-refractivity contribution in [1.29, 1.82) is 0 Å². The monoisotopic (exact) mass is 473 g/mol. The number of anilines is 3. The number of rotatable bonds is 10. The number of benzene rings is 2. The average molecular weight is 474 g/mol. The van der Waals surface area contributed by atoms with Gasteiger partial charge >= 0.3 is 0 Å². The first-order chi connectivity index (χ1) is 15.9. The smallest absolute Gasteiger partial charge is 0.248 e. The van der Waals surface area contributed by atoms with Crippen LogP contribution in [0.2, 0.25) is 5.02 Å². The van der Waals surface area contributed by atoms with Crippen LogP contribution in [0.3, 0.4) is 0 Å². The Hall–Kier alpha value is -3.27. The first kappa shape index (κ1) is 24.4. The van der Waals surface area contributed by atoms with Gasteiger partial charge in [0.15, 0.2) is 11.6 Å². The van der Waals surface area contributed by atoms with Crippen LogP contribution in [0.15, 0.2) is 48.8 Å². The molecule has 0 aliphatic heterocycles. The van der Waals surface area contributed by atoms with Gasteiger partial charge in [0.05, 0.1) is 33.9 Å². The number of nitrogens with zero attached hydrogens (tertiary/aromatic N) is 3. The van der Waals surface area contributed by atoms with Crippen molar-refractivity contribution in [3.05, 3.63) is 59.7 Å². The topological polar surface area (TPSA) is 99.6 Å². The van der Waals surface area contributed by atoms with Gasteiger partial charge in [0.25, 0.3) is 0 Å². The minimum atomic E-state index is -0.621. The number of ether oxygens (including phenoxy) is 1. The van der Waals surface area contributed by atoms with Crippen LogP contribution in [0.5, 0.6) is 5.75 Å². The van der Waals surface area contributed by atoms with Gasteiger partial charge in [0.2, 0.25) is 5.91 Å². The number of hydrogen-bond acceptors (Lipinski definition) is 7. The molecule has 0 aliphatic rings. The molecular formula is C23H25ClFN5O3. The van der Waals surface area contributed by atoms with Crippen molar-refractivity contribution in [3.63, 3.8) is 0 Å². The number of aliphatic hydroxyl groups excluding tert-OH is 1. The van der Waals surface area contributed by atoms with E-state index >= 15 is 0 Å². The number of nitrogens with one attached hydrogen (secondary N) is 2. The zero-order chi connectivity index (χ0) is 23.8. The summed E-state index contributed by atoms with van der Waals surface area (Å²) in [5, 5.41) is 15.3. The second kappa shape index (κ2) is 11.6. The minimum Gasteiger partial charge on any atom is -0.490 e. The Kier molecular flexibility index (Phi) is 8.53. The summed E-state index contributed by atoms with van der Waals surface area (Å²) in [4.78, 5) is 22.9. The predicted molar refractivity (Wildman–Crippen MR) is 128 cm³/mol. The van der Waals surface area contributed by atoms with Crippen LogP contribution in [0, 0.1) is 5.82 Å². The minimum absolute atomic E-state index is 0.0322. The normalized spacial score (nSPS) is 11.3. The molecule has 33 heavy (non-hydrogen) atoms. The summed E-state index contributed by atoms with van der Waals surface area (Å²) in [5.41, 5.74) is 1.05. The Morgan fingerprint density at radius 3 is 2.82 bits per heavy atom. The highest BCUT2D eigenvalue weighted by Crippen LogP contribution is 2.38. The summed E-state index contributed by atoms with van der Waals surface area (Å²) in [6, 6.07) is 7.96. The Morgan fingerprint density at radius 2 is 2.06 bits per heavy atom. The molecular weight excluding hydrogens is 449 g/mol. The molecule has 1 aromatic heterocycles. The molecule has 3 N–H and O–H groups in total. The van der Waals surface area contributed by atoms with Gasteiger partial charge < -0.3 is 25.4 Å². The van der Waals surface area contributed by atoms with Crippen molar-refractivity contribution in [3.8, 4) is 5.75 Å². The number of amides is 1. The number of halogens is 2. The molecule has 174 valence electrons. The lowest BCUT2D eigenvalue weighted by Crippen LogP contribution is -2.14. The zero-order valence-electron chi connectivity index (χ0n) is 18.3. The molecule has 8 nitrogen and oxygen atoms in total. The second-order valence-corrected chi connectivity index (χ2v) is 7.77. The van der Waals surface area contributed by atoms with Gasteiger partial charge in [-0.2, -0.15) is 0 Å². The fraction of sp³-hybridized carbons (Fsp3) is 0.261. The van der Waals surface area contributed by atoms with Crippen molar-refractivity contribution < 1.29 is 19.0 Å². The van der Waals surface area contributed by atoms with E-state index in [-0.39, 0.29) is 35.6 Å². The highest BCUT2D eigenvalue weighted by atomic mass is 35.5. The fourth-order valence-electron chi connectivity index (χ4n) is 2.98. The summed E-state index contributed by atoms with van der Waals surface area (Å²) >= 11 is 5.90. The van der Waals surface area contributed by atoms with Crippen LogP contribution in [-0.2, 0) is 4.79 Å². The molecule has 3 rings (SSSR count). The van der Waals surface area contributed by atoms with Gasteiger partial charge in [-0.25, -0.2) is 14.4 Å². The maximum absolute atomic E-state index is 14.5. The van der Waals surface area contributed by atoms with E-state index in [1.165, 1.54) is 24.5 Å². The Balaban J connectivity index is 2.03. The van der Waals surface area contributed by atoms with Crippen LogP contribution < -0.4 is 15.4 Å². The highest BCUT2D eigenvalue weighted by molar-refractivity contribution is 6.31. The van der Waals surface area contributed by atoms with Crippen molar-refractivity contribution >= 4 is 45.6 Å². The summed E-state index contributed by atoms with van der Waals surface area (Å²) in [6.07, 6.45) is 4.89. The molecule has 1 amide bonds. The van der Waals surface area contributed by atoms with Crippen LogP contribution >= 0.6 is 11.6 Å². The third-order valence-corrected chi connectivity index (χ3v) is 4.80. The van der Waals surface area contributed by atoms with Crippen LogP contribution in [-0.4, -0.2) is 59.7 Å². The highest BCUT2D eigenvalue weighted by Gasteiger charge is 2.18. The molecule has 0 aliphatic carbocycles. The van der Waals surface area contributed by atoms with Gasteiger partial charge in [-0.15, -0.1) is 0 Å². The third-order valence-electron chi connectivity index (χ3n) is 4.51. The van der Waals surface area contributed by atoms with Crippen LogP contribution in [0.4, 0.5) is 21.6 Å². The second-order valence-electron chi connectivity index (χ2n) is 7.36. The van der Waals surface area contributed by atoms with E-state index in [2.05, 4.69) is 20.6 Å². The third kappa shape index (κ3) is 6.38. The first-order valence-electron chi connectivity index (χ1n) is 10.3. The molecule has 10 heteroatoms. The molecule has 0 spiro atoms. The molecule has 0 bridgehead atoms. The zero-order valence-corrected chi connectivity index (χ0v) is 19.1. The van der Waals surface area contributed by atoms with E-state index in [4.69, 9.17) is 21.4 Å². The summed E-state index contributed by atoms with van der Waals surface area (Å²) < 4.78 is 20.4. The number of carbonyl (C=O) groups is 1. The maximum Gasteiger partial charge on any atom is 0.248 e. The fourth-order valence-corrected chi connectivity index (χ4v) is 3.15. The van der Waals surface area contributed by atoms with Crippen molar-refractivity contribution in [2.24, 2.45) is 0 Å². The van der Waals surface area contributed by atoms with E-state index in [9.17, 15) is 9.18 Å². The molecule has 3 aromatic rings. The van der Waals surface area contributed by atoms with Gasteiger partial charge in [-0.05, 0) is 38.4 Å². The number of likely N-dealkylation sites (N-methyl/N-ethyl adjacent to an activating group) is 1. The number of aliphatic hydroxyl groups is 1. The van der Waals surface area contributed by atoms with Gasteiger partial charge in [0.1, 0.15) is 12.1 Å². The van der Waals surface area contributed by atoms with Crippen LogP contribution in [0.25, 0.3) is 10.9 Å². The predicted octanol–water partition coefficient (Wildman–Crippen LogP) is 3.98. The van der Waals surface area contributed by atoms with E-state index in [1.807, 2.05) is 19.0 Å². The van der Waals surface area contributed by atoms with E-state index in [1.54, 1.807) is 24.3 Å². The van der Waals surface area contributed by atoms with E-state index in [0.717, 1.165) is 0 Å². The Labute approximate surface area is 196 Å². The van der Waals surface area contributed by atoms with Crippen molar-refractivity contribution in [2.45, 2.75) is 6.42 Å². The first-order valence-corrected chi connectivity index (χ1v) is 10.6.